The lowest BCUT2D eigenvalue weighted by molar-refractivity contribution is 0.112. The normalized spacial score (nSPS) is 10.7. The van der Waals surface area contributed by atoms with Gasteiger partial charge in [-0.1, -0.05) is 60.7 Å². The number of H-pyrrole nitrogens is 1. The highest BCUT2D eigenvalue weighted by Crippen LogP contribution is 2.45. The number of aromatic amines is 1. The van der Waals surface area contributed by atoms with Crippen LogP contribution in [0.25, 0.3) is 33.3 Å². The van der Waals surface area contributed by atoms with E-state index in [-0.39, 0.29) is 0 Å². The van der Waals surface area contributed by atoms with Crippen molar-refractivity contribution in [2.75, 3.05) is 14.2 Å². The van der Waals surface area contributed by atoms with E-state index < -0.39 is 0 Å². The number of rotatable bonds is 5. The molecule has 4 heteroatoms. The Kier molecular flexibility index (Phi) is 4.38. The molecule has 1 N–H and O–H groups in total. The molecule has 4 rings (SSSR count). The van der Waals surface area contributed by atoms with E-state index in [1.165, 1.54) is 0 Å². The minimum Gasteiger partial charge on any atom is -0.496 e. The highest BCUT2D eigenvalue weighted by molar-refractivity contribution is 6.13. The number of aromatic nitrogens is 1. The summed E-state index contributed by atoms with van der Waals surface area (Å²) in [7, 11) is 3.17. The lowest BCUT2D eigenvalue weighted by Crippen LogP contribution is -1.95. The molecule has 0 bridgehead atoms. The van der Waals surface area contributed by atoms with Gasteiger partial charge in [0.2, 0.25) is 0 Å². The fraction of sp³-hybridized carbons (Fsp3) is 0.0870. The molecular weight excluding hydrogens is 338 g/mol. The summed E-state index contributed by atoms with van der Waals surface area (Å²) in [6, 6.07) is 21.9. The largest absolute Gasteiger partial charge is 0.496 e. The number of nitrogens with one attached hydrogen (secondary N) is 1. The molecule has 134 valence electrons. The summed E-state index contributed by atoms with van der Waals surface area (Å²) in [6.45, 7) is 0. The Bertz CT molecular complexity index is 1100. The van der Waals surface area contributed by atoms with Crippen molar-refractivity contribution in [1.82, 2.24) is 4.98 Å². The van der Waals surface area contributed by atoms with Crippen molar-refractivity contribution in [3.05, 3.63) is 72.3 Å². The molecule has 0 spiro atoms. The van der Waals surface area contributed by atoms with Crippen LogP contribution >= 0.6 is 0 Å². The number of benzene rings is 3. The zero-order valence-corrected chi connectivity index (χ0v) is 15.2. The molecule has 0 aliphatic rings. The van der Waals surface area contributed by atoms with Crippen LogP contribution in [0.2, 0.25) is 0 Å². The zero-order chi connectivity index (χ0) is 18.8. The third kappa shape index (κ3) is 2.75. The van der Waals surface area contributed by atoms with Crippen molar-refractivity contribution in [2.45, 2.75) is 0 Å². The van der Waals surface area contributed by atoms with Crippen LogP contribution < -0.4 is 9.47 Å². The van der Waals surface area contributed by atoms with Crippen LogP contribution in [0, 0.1) is 0 Å². The van der Waals surface area contributed by atoms with E-state index in [1.54, 1.807) is 20.3 Å². The fourth-order valence-corrected chi connectivity index (χ4v) is 3.50. The van der Waals surface area contributed by atoms with Crippen LogP contribution in [-0.2, 0) is 0 Å². The second kappa shape index (κ2) is 7.00. The highest BCUT2D eigenvalue weighted by atomic mass is 16.5. The van der Waals surface area contributed by atoms with Crippen molar-refractivity contribution >= 4 is 17.2 Å². The van der Waals surface area contributed by atoms with E-state index in [0.29, 0.717) is 22.6 Å². The predicted octanol–water partition coefficient (Wildman–Crippen LogP) is 5.33. The van der Waals surface area contributed by atoms with Crippen molar-refractivity contribution in [3.63, 3.8) is 0 Å². The van der Waals surface area contributed by atoms with E-state index in [0.717, 1.165) is 34.1 Å². The fourth-order valence-electron chi connectivity index (χ4n) is 3.50. The number of methoxy groups -OCH3 is 2. The van der Waals surface area contributed by atoms with Gasteiger partial charge in [0.1, 0.15) is 11.5 Å². The third-order valence-electron chi connectivity index (χ3n) is 4.73. The smallest absolute Gasteiger partial charge is 0.155 e. The summed E-state index contributed by atoms with van der Waals surface area (Å²) >= 11 is 0. The van der Waals surface area contributed by atoms with E-state index >= 15 is 0 Å². The van der Waals surface area contributed by atoms with Gasteiger partial charge in [-0.3, -0.25) is 4.79 Å². The van der Waals surface area contributed by atoms with Crippen molar-refractivity contribution in [1.29, 1.82) is 0 Å². The second-order valence-corrected chi connectivity index (χ2v) is 6.17. The van der Waals surface area contributed by atoms with Gasteiger partial charge in [-0.2, -0.15) is 0 Å². The number of carbonyl (C=O) groups is 1. The third-order valence-corrected chi connectivity index (χ3v) is 4.73. The van der Waals surface area contributed by atoms with Gasteiger partial charge >= 0.3 is 0 Å². The molecule has 3 aromatic carbocycles. The number of hydrogen-bond donors (Lipinski definition) is 1. The molecule has 0 radical (unpaired) electrons. The number of fused-ring (bicyclic) bond motifs is 1. The Morgan fingerprint density at radius 1 is 0.815 bits per heavy atom. The van der Waals surface area contributed by atoms with Crippen LogP contribution in [0.15, 0.2) is 66.7 Å². The number of hydrogen-bond acceptors (Lipinski definition) is 3. The molecule has 0 saturated carbocycles. The van der Waals surface area contributed by atoms with Crippen molar-refractivity contribution in [3.8, 4) is 33.9 Å². The van der Waals surface area contributed by atoms with Crippen LogP contribution in [-0.4, -0.2) is 25.5 Å². The quantitative estimate of drug-likeness (QED) is 0.491. The number of aldehydes is 1. The first kappa shape index (κ1) is 16.9. The summed E-state index contributed by atoms with van der Waals surface area (Å²) in [5.74, 6) is 1.14. The molecule has 0 aliphatic carbocycles. The summed E-state index contributed by atoms with van der Waals surface area (Å²) < 4.78 is 11.1. The average Bonchev–Trinajstić information content (AvgIpc) is 3.14. The molecule has 4 aromatic rings. The lowest BCUT2D eigenvalue weighted by Gasteiger charge is -2.11. The van der Waals surface area contributed by atoms with Crippen LogP contribution in [0.4, 0.5) is 0 Å². The van der Waals surface area contributed by atoms with Gasteiger partial charge in [-0.05, 0) is 11.1 Å². The summed E-state index contributed by atoms with van der Waals surface area (Å²) in [4.78, 5) is 15.3. The SMILES string of the molecule is COc1cc(OC)c2c(-c3ccccc3)c(-c3ccccc3)[nH]c2c1C=O. The van der Waals surface area contributed by atoms with Gasteiger partial charge in [-0.25, -0.2) is 0 Å². The lowest BCUT2D eigenvalue weighted by atomic mass is 9.97. The topological polar surface area (TPSA) is 51.3 Å². The van der Waals surface area contributed by atoms with E-state index in [1.807, 2.05) is 48.5 Å². The van der Waals surface area contributed by atoms with Gasteiger partial charge in [-0.15, -0.1) is 0 Å². The number of ether oxygens (including phenoxy) is 2. The van der Waals surface area contributed by atoms with Gasteiger partial charge < -0.3 is 14.5 Å². The van der Waals surface area contributed by atoms with E-state index in [2.05, 4.69) is 17.1 Å². The van der Waals surface area contributed by atoms with Crippen LogP contribution in [0.1, 0.15) is 10.4 Å². The Labute approximate surface area is 157 Å². The average molecular weight is 357 g/mol. The molecule has 27 heavy (non-hydrogen) atoms. The first-order valence-electron chi connectivity index (χ1n) is 8.65. The Morgan fingerprint density at radius 3 is 1.96 bits per heavy atom. The molecule has 0 saturated heterocycles. The molecule has 0 unspecified atom stereocenters. The van der Waals surface area contributed by atoms with E-state index in [4.69, 9.17) is 9.47 Å². The molecule has 0 fully saturated rings. The van der Waals surface area contributed by atoms with Gasteiger partial charge in [0, 0.05) is 11.6 Å². The Hall–Kier alpha value is -3.53. The van der Waals surface area contributed by atoms with Crippen molar-refractivity contribution in [2.24, 2.45) is 0 Å². The molecule has 0 atom stereocenters. The van der Waals surface area contributed by atoms with Gasteiger partial charge in [0.15, 0.2) is 6.29 Å². The van der Waals surface area contributed by atoms with Crippen molar-refractivity contribution < 1.29 is 14.3 Å². The molecule has 4 nitrogen and oxygen atoms in total. The monoisotopic (exact) mass is 357 g/mol. The summed E-state index contributed by atoms with van der Waals surface area (Å²) in [6.07, 6.45) is 0.820. The standard InChI is InChI=1S/C23H19NO3/c1-26-18-13-19(27-2)21-20(15-9-5-3-6-10-15)22(16-11-7-4-8-12-16)24-23(21)17(18)14-25/h3-14,24H,1-2H3. The van der Waals surface area contributed by atoms with Crippen LogP contribution in [0.5, 0.6) is 11.5 Å². The first-order chi connectivity index (χ1) is 13.3. The van der Waals surface area contributed by atoms with Gasteiger partial charge in [0.05, 0.1) is 36.4 Å². The van der Waals surface area contributed by atoms with E-state index in [9.17, 15) is 4.79 Å². The van der Waals surface area contributed by atoms with Gasteiger partial charge in [0.25, 0.3) is 0 Å². The number of carbonyl (C=O) groups excluding carboxylic acids is 1. The zero-order valence-electron chi connectivity index (χ0n) is 15.2. The molecule has 1 heterocycles. The Balaban J connectivity index is 2.18. The molecule has 1 aromatic heterocycles. The minimum absolute atomic E-state index is 0.479. The van der Waals surface area contributed by atoms with Crippen LogP contribution in [0.3, 0.4) is 0 Å². The maximum absolute atomic E-state index is 11.9. The first-order valence-corrected chi connectivity index (χ1v) is 8.65. The Morgan fingerprint density at radius 2 is 1.41 bits per heavy atom. The summed E-state index contributed by atoms with van der Waals surface area (Å²) in [5.41, 5.74) is 5.20. The minimum atomic E-state index is 0.479. The predicted molar refractivity (Wildman–Crippen MR) is 108 cm³/mol. The summed E-state index contributed by atoms with van der Waals surface area (Å²) in [5, 5.41) is 0.866. The maximum atomic E-state index is 11.9. The highest BCUT2D eigenvalue weighted by Gasteiger charge is 2.23. The second-order valence-electron chi connectivity index (χ2n) is 6.17. The molecule has 0 amide bonds. The molecule has 0 aliphatic heterocycles. The molecular formula is C23H19NO3. The maximum Gasteiger partial charge on any atom is 0.155 e.